The lowest BCUT2D eigenvalue weighted by atomic mass is 9.83. The number of hydrogen-bond donors (Lipinski definition) is 1. The molecule has 104 valence electrons. The first-order valence-electron chi connectivity index (χ1n) is 7.72. The van der Waals surface area contributed by atoms with Gasteiger partial charge in [0.25, 0.3) is 0 Å². The Morgan fingerprint density at radius 1 is 1.28 bits per heavy atom. The van der Waals surface area contributed by atoms with Crippen LogP contribution in [0, 0.1) is 0 Å². The van der Waals surface area contributed by atoms with Crippen molar-refractivity contribution in [1.82, 2.24) is 5.32 Å². The van der Waals surface area contributed by atoms with E-state index >= 15 is 0 Å². The zero-order chi connectivity index (χ0) is 12.8. The third-order valence-corrected chi connectivity index (χ3v) is 4.54. The van der Waals surface area contributed by atoms with Gasteiger partial charge < -0.3 is 10.1 Å². The van der Waals surface area contributed by atoms with Crippen LogP contribution in [0.3, 0.4) is 0 Å². The second-order valence-electron chi connectivity index (χ2n) is 6.17. The zero-order valence-electron chi connectivity index (χ0n) is 12.1. The van der Waals surface area contributed by atoms with Crippen molar-refractivity contribution in [3.05, 3.63) is 11.6 Å². The maximum absolute atomic E-state index is 6.41. The Labute approximate surface area is 112 Å². The minimum absolute atomic E-state index is 0.286. The van der Waals surface area contributed by atoms with Crippen molar-refractivity contribution in [3.63, 3.8) is 0 Å². The highest BCUT2D eigenvalue weighted by atomic mass is 16.5. The molecule has 0 aromatic heterocycles. The molecule has 1 atom stereocenters. The van der Waals surface area contributed by atoms with Crippen molar-refractivity contribution in [1.29, 1.82) is 0 Å². The molecule has 0 aromatic rings. The van der Waals surface area contributed by atoms with E-state index in [9.17, 15) is 0 Å². The summed E-state index contributed by atoms with van der Waals surface area (Å²) in [7, 11) is 2.01. The summed E-state index contributed by atoms with van der Waals surface area (Å²) < 4.78 is 6.41. The van der Waals surface area contributed by atoms with Crippen LogP contribution in [0.15, 0.2) is 11.6 Å². The Hall–Kier alpha value is -0.340. The van der Waals surface area contributed by atoms with Crippen LogP contribution in [-0.4, -0.2) is 25.3 Å². The van der Waals surface area contributed by atoms with Gasteiger partial charge in [0.1, 0.15) is 0 Å². The molecule has 18 heavy (non-hydrogen) atoms. The van der Waals surface area contributed by atoms with Crippen LogP contribution in [0.5, 0.6) is 0 Å². The Balaban J connectivity index is 1.76. The summed E-state index contributed by atoms with van der Waals surface area (Å²) >= 11 is 0. The molecule has 1 N–H and O–H groups in total. The molecule has 0 amide bonds. The van der Waals surface area contributed by atoms with Gasteiger partial charge in [-0.2, -0.15) is 0 Å². The van der Waals surface area contributed by atoms with E-state index in [-0.39, 0.29) is 5.60 Å². The van der Waals surface area contributed by atoms with Gasteiger partial charge in [0.2, 0.25) is 0 Å². The average molecular weight is 251 g/mol. The van der Waals surface area contributed by atoms with Crippen LogP contribution in [-0.2, 0) is 4.74 Å². The molecule has 1 saturated carbocycles. The second-order valence-corrected chi connectivity index (χ2v) is 6.17. The topological polar surface area (TPSA) is 21.3 Å². The lowest BCUT2D eigenvalue weighted by Crippen LogP contribution is -2.31. The fourth-order valence-electron chi connectivity index (χ4n) is 3.51. The summed E-state index contributed by atoms with van der Waals surface area (Å²) in [4.78, 5) is 0. The average Bonchev–Trinajstić information content (AvgIpc) is 2.73. The van der Waals surface area contributed by atoms with Crippen molar-refractivity contribution in [3.8, 4) is 0 Å². The monoisotopic (exact) mass is 251 g/mol. The van der Waals surface area contributed by atoms with Crippen molar-refractivity contribution >= 4 is 0 Å². The highest BCUT2D eigenvalue weighted by molar-refractivity contribution is 5.02. The number of ether oxygens (including phenoxy) is 1. The molecule has 1 unspecified atom stereocenters. The molecule has 2 nitrogen and oxygen atoms in total. The maximum Gasteiger partial charge on any atom is 0.0687 e. The summed E-state index contributed by atoms with van der Waals surface area (Å²) in [5, 5.41) is 3.19. The fraction of sp³-hybridized carbons (Fsp3) is 0.875. The van der Waals surface area contributed by atoms with Gasteiger partial charge in [-0.1, -0.05) is 30.9 Å². The van der Waals surface area contributed by atoms with Gasteiger partial charge in [-0.25, -0.2) is 0 Å². The molecule has 0 aromatic carbocycles. The standard InChI is InChI=1S/C16H29NO/c1-14(7-6-12-17-2)13-15-8-11-16(18-15)9-4-3-5-10-16/h7,15,17H,3-6,8-13H2,1-2H3/b14-7-. The summed E-state index contributed by atoms with van der Waals surface area (Å²) in [6.45, 7) is 3.33. The molecule has 1 aliphatic heterocycles. The molecule has 1 aliphatic carbocycles. The molecule has 2 fully saturated rings. The first-order chi connectivity index (χ1) is 8.74. The highest BCUT2D eigenvalue weighted by Crippen LogP contribution is 2.43. The number of hydrogen-bond acceptors (Lipinski definition) is 2. The normalized spacial score (nSPS) is 27.9. The van der Waals surface area contributed by atoms with Crippen LogP contribution >= 0.6 is 0 Å². The van der Waals surface area contributed by atoms with Crippen molar-refractivity contribution in [2.45, 2.75) is 76.4 Å². The van der Waals surface area contributed by atoms with E-state index in [1.807, 2.05) is 7.05 Å². The molecule has 0 radical (unpaired) electrons. The molecule has 1 saturated heterocycles. The highest BCUT2D eigenvalue weighted by Gasteiger charge is 2.40. The molecule has 2 rings (SSSR count). The Morgan fingerprint density at radius 3 is 2.78 bits per heavy atom. The Morgan fingerprint density at radius 2 is 2.06 bits per heavy atom. The van der Waals surface area contributed by atoms with E-state index in [1.165, 1.54) is 50.5 Å². The van der Waals surface area contributed by atoms with E-state index in [2.05, 4.69) is 18.3 Å². The summed E-state index contributed by atoms with van der Waals surface area (Å²) in [6, 6.07) is 0. The smallest absolute Gasteiger partial charge is 0.0687 e. The molecule has 2 aliphatic rings. The van der Waals surface area contributed by atoms with E-state index in [4.69, 9.17) is 4.74 Å². The van der Waals surface area contributed by atoms with Gasteiger partial charge in [-0.05, 0) is 59.0 Å². The van der Waals surface area contributed by atoms with Crippen molar-refractivity contribution in [2.75, 3.05) is 13.6 Å². The predicted octanol–water partition coefficient (Wildman–Crippen LogP) is 3.81. The quantitative estimate of drug-likeness (QED) is 0.592. The molecular weight excluding hydrogens is 222 g/mol. The summed E-state index contributed by atoms with van der Waals surface area (Å²) in [5.74, 6) is 0. The fourth-order valence-corrected chi connectivity index (χ4v) is 3.51. The third-order valence-electron chi connectivity index (χ3n) is 4.54. The summed E-state index contributed by atoms with van der Waals surface area (Å²) in [5.41, 5.74) is 1.79. The Bertz CT molecular complexity index is 279. The van der Waals surface area contributed by atoms with Crippen LogP contribution in [0.1, 0.15) is 64.7 Å². The summed E-state index contributed by atoms with van der Waals surface area (Å²) in [6.07, 6.45) is 14.5. The minimum Gasteiger partial charge on any atom is -0.371 e. The van der Waals surface area contributed by atoms with Crippen LogP contribution in [0.25, 0.3) is 0 Å². The molecular formula is C16H29NO. The van der Waals surface area contributed by atoms with Gasteiger partial charge in [-0.3, -0.25) is 0 Å². The number of nitrogens with one attached hydrogen (secondary N) is 1. The van der Waals surface area contributed by atoms with E-state index < -0.39 is 0 Å². The van der Waals surface area contributed by atoms with Crippen molar-refractivity contribution < 1.29 is 4.74 Å². The van der Waals surface area contributed by atoms with Gasteiger partial charge in [-0.15, -0.1) is 0 Å². The predicted molar refractivity (Wildman–Crippen MR) is 76.8 cm³/mol. The van der Waals surface area contributed by atoms with E-state index in [0.29, 0.717) is 6.10 Å². The SMILES string of the molecule is CNCC/C=C(/C)CC1CCC2(CCCCC2)O1. The minimum atomic E-state index is 0.286. The number of rotatable bonds is 5. The van der Waals surface area contributed by atoms with Crippen LogP contribution in [0.2, 0.25) is 0 Å². The van der Waals surface area contributed by atoms with E-state index in [0.717, 1.165) is 19.4 Å². The maximum atomic E-state index is 6.41. The van der Waals surface area contributed by atoms with Gasteiger partial charge in [0, 0.05) is 0 Å². The zero-order valence-corrected chi connectivity index (χ0v) is 12.1. The third kappa shape index (κ3) is 3.83. The van der Waals surface area contributed by atoms with Crippen LogP contribution < -0.4 is 5.32 Å². The molecule has 0 bridgehead atoms. The largest absolute Gasteiger partial charge is 0.371 e. The molecule has 2 heteroatoms. The first kappa shape index (κ1) is 14.1. The second kappa shape index (κ2) is 6.72. The lowest BCUT2D eigenvalue weighted by Gasteiger charge is -2.33. The van der Waals surface area contributed by atoms with Gasteiger partial charge in [0.15, 0.2) is 0 Å². The van der Waals surface area contributed by atoms with Gasteiger partial charge in [0.05, 0.1) is 11.7 Å². The van der Waals surface area contributed by atoms with Gasteiger partial charge >= 0.3 is 0 Å². The van der Waals surface area contributed by atoms with Crippen molar-refractivity contribution in [2.24, 2.45) is 0 Å². The van der Waals surface area contributed by atoms with Crippen LogP contribution in [0.4, 0.5) is 0 Å². The van der Waals surface area contributed by atoms with E-state index in [1.54, 1.807) is 0 Å². The first-order valence-corrected chi connectivity index (χ1v) is 7.72. The molecule has 1 spiro atoms. The Kier molecular flexibility index (Phi) is 5.25. The molecule has 1 heterocycles. The lowest BCUT2D eigenvalue weighted by molar-refractivity contribution is -0.0628.